The SMILES string of the molecule is CC(Br)C(=O)N(C)c1cccc(C#N)c1. The second-order valence-corrected chi connectivity index (χ2v) is 4.55. The van der Waals surface area contributed by atoms with Crippen molar-refractivity contribution in [1.82, 2.24) is 0 Å². The van der Waals surface area contributed by atoms with Crippen molar-refractivity contribution < 1.29 is 4.79 Å². The minimum absolute atomic E-state index is 0.0370. The number of hydrogen-bond acceptors (Lipinski definition) is 2. The number of amides is 1. The van der Waals surface area contributed by atoms with Crippen molar-refractivity contribution in [3.05, 3.63) is 29.8 Å². The Balaban J connectivity index is 2.97. The standard InChI is InChI=1S/C11H11BrN2O/c1-8(12)11(15)14(2)10-5-3-4-9(6-10)7-13/h3-6,8H,1-2H3. The number of nitrogens with zero attached hydrogens (tertiary/aromatic N) is 2. The Bertz CT molecular complexity index is 409. The van der Waals surface area contributed by atoms with Crippen LogP contribution in [0, 0.1) is 11.3 Å². The molecule has 0 aliphatic rings. The average molecular weight is 267 g/mol. The summed E-state index contributed by atoms with van der Waals surface area (Å²) in [6.07, 6.45) is 0. The minimum Gasteiger partial charge on any atom is -0.314 e. The van der Waals surface area contributed by atoms with Crippen molar-refractivity contribution in [1.29, 1.82) is 5.26 Å². The van der Waals surface area contributed by atoms with Crippen molar-refractivity contribution >= 4 is 27.5 Å². The second-order valence-electron chi connectivity index (χ2n) is 3.18. The van der Waals surface area contributed by atoms with Gasteiger partial charge in [-0.05, 0) is 25.1 Å². The third kappa shape index (κ3) is 2.80. The summed E-state index contributed by atoms with van der Waals surface area (Å²) in [6, 6.07) is 9.00. The van der Waals surface area contributed by atoms with Crippen molar-refractivity contribution in [2.24, 2.45) is 0 Å². The van der Waals surface area contributed by atoms with E-state index in [1.54, 1.807) is 38.2 Å². The second kappa shape index (κ2) is 4.94. The molecule has 1 unspecified atom stereocenters. The van der Waals surface area contributed by atoms with E-state index in [2.05, 4.69) is 15.9 Å². The Morgan fingerprint density at radius 2 is 2.27 bits per heavy atom. The number of hydrogen-bond donors (Lipinski definition) is 0. The van der Waals surface area contributed by atoms with Gasteiger partial charge in [0.15, 0.2) is 0 Å². The molecule has 4 heteroatoms. The lowest BCUT2D eigenvalue weighted by atomic mass is 10.2. The first-order valence-electron chi connectivity index (χ1n) is 4.48. The summed E-state index contributed by atoms with van der Waals surface area (Å²) < 4.78 is 0. The topological polar surface area (TPSA) is 44.1 Å². The molecular weight excluding hydrogens is 256 g/mol. The molecule has 0 aliphatic heterocycles. The third-order valence-corrected chi connectivity index (χ3v) is 2.43. The molecule has 0 bridgehead atoms. The van der Waals surface area contributed by atoms with E-state index >= 15 is 0 Å². The molecule has 0 aromatic heterocycles. The summed E-state index contributed by atoms with van der Waals surface area (Å²) in [5, 5.41) is 8.73. The Morgan fingerprint density at radius 1 is 1.60 bits per heavy atom. The summed E-state index contributed by atoms with van der Waals surface area (Å²) in [4.78, 5) is 12.9. The van der Waals surface area contributed by atoms with Crippen LogP contribution in [0.3, 0.4) is 0 Å². The highest BCUT2D eigenvalue weighted by atomic mass is 79.9. The smallest absolute Gasteiger partial charge is 0.240 e. The molecule has 1 rings (SSSR count). The molecule has 1 atom stereocenters. The fourth-order valence-corrected chi connectivity index (χ4v) is 1.49. The lowest BCUT2D eigenvalue weighted by molar-refractivity contribution is -0.117. The van der Waals surface area contributed by atoms with Crippen LogP contribution in [0.5, 0.6) is 0 Å². The molecule has 0 aliphatic carbocycles. The van der Waals surface area contributed by atoms with Crippen LogP contribution < -0.4 is 4.90 Å². The zero-order chi connectivity index (χ0) is 11.4. The number of carbonyl (C=O) groups excluding carboxylic acids is 1. The largest absolute Gasteiger partial charge is 0.314 e. The van der Waals surface area contributed by atoms with Gasteiger partial charge < -0.3 is 4.90 Å². The average Bonchev–Trinajstić information content (AvgIpc) is 2.27. The predicted molar refractivity (Wildman–Crippen MR) is 63.0 cm³/mol. The summed E-state index contributed by atoms with van der Waals surface area (Å²) in [7, 11) is 1.69. The molecule has 0 saturated carbocycles. The van der Waals surface area contributed by atoms with Crippen LogP contribution in [0.2, 0.25) is 0 Å². The molecule has 0 spiro atoms. The maximum Gasteiger partial charge on any atom is 0.240 e. The number of nitriles is 1. The molecule has 1 aromatic carbocycles. The maximum absolute atomic E-state index is 11.6. The normalized spacial score (nSPS) is 11.6. The van der Waals surface area contributed by atoms with Gasteiger partial charge in [0.1, 0.15) is 0 Å². The summed E-state index contributed by atoms with van der Waals surface area (Å²) in [5.74, 6) is -0.0370. The van der Waals surface area contributed by atoms with Gasteiger partial charge in [0, 0.05) is 12.7 Å². The Kier molecular flexibility index (Phi) is 3.87. The molecule has 0 radical (unpaired) electrons. The first-order chi connectivity index (χ1) is 7.06. The molecule has 3 nitrogen and oxygen atoms in total. The first kappa shape index (κ1) is 11.7. The van der Waals surface area contributed by atoms with Gasteiger partial charge in [-0.3, -0.25) is 4.79 Å². The highest BCUT2D eigenvalue weighted by Crippen LogP contribution is 2.16. The van der Waals surface area contributed by atoms with E-state index in [0.717, 1.165) is 5.69 Å². The van der Waals surface area contributed by atoms with Crippen LogP contribution in [-0.4, -0.2) is 17.8 Å². The van der Waals surface area contributed by atoms with E-state index in [0.29, 0.717) is 5.56 Å². The van der Waals surface area contributed by atoms with Crippen molar-refractivity contribution in [3.8, 4) is 6.07 Å². The van der Waals surface area contributed by atoms with Gasteiger partial charge in [-0.15, -0.1) is 0 Å². The van der Waals surface area contributed by atoms with Gasteiger partial charge in [-0.1, -0.05) is 22.0 Å². The van der Waals surface area contributed by atoms with E-state index in [9.17, 15) is 4.79 Å². The van der Waals surface area contributed by atoms with Crippen LogP contribution in [-0.2, 0) is 4.79 Å². The van der Waals surface area contributed by atoms with Gasteiger partial charge in [-0.25, -0.2) is 0 Å². The molecule has 1 amide bonds. The minimum atomic E-state index is -0.228. The molecule has 15 heavy (non-hydrogen) atoms. The monoisotopic (exact) mass is 266 g/mol. The summed E-state index contributed by atoms with van der Waals surface area (Å²) >= 11 is 3.22. The number of alkyl halides is 1. The lowest BCUT2D eigenvalue weighted by Gasteiger charge is -2.18. The maximum atomic E-state index is 11.6. The highest BCUT2D eigenvalue weighted by molar-refractivity contribution is 9.10. The molecule has 1 aromatic rings. The van der Waals surface area contributed by atoms with Crippen molar-refractivity contribution in [2.75, 3.05) is 11.9 Å². The third-order valence-electron chi connectivity index (χ3n) is 2.03. The molecule has 0 fully saturated rings. The van der Waals surface area contributed by atoms with E-state index in [-0.39, 0.29) is 10.7 Å². The van der Waals surface area contributed by atoms with E-state index in [4.69, 9.17) is 5.26 Å². The highest BCUT2D eigenvalue weighted by Gasteiger charge is 2.15. The van der Waals surface area contributed by atoms with Crippen LogP contribution in [0.15, 0.2) is 24.3 Å². The predicted octanol–water partition coefficient (Wildman–Crippen LogP) is 2.30. The fourth-order valence-electron chi connectivity index (χ4n) is 1.18. The first-order valence-corrected chi connectivity index (χ1v) is 5.39. The van der Waals surface area contributed by atoms with Crippen LogP contribution in [0.1, 0.15) is 12.5 Å². The fraction of sp³-hybridized carbons (Fsp3) is 0.273. The van der Waals surface area contributed by atoms with Gasteiger partial charge in [-0.2, -0.15) is 5.26 Å². The quantitative estimate of drug-likeness (QED) is 0.772. The van der Waals surface area contributed by atoms with Gasteiger partial charge in [0.25, 0.3) is 0 Å². The zero-order valence-electron chi connectivity index (χ0n) is 8.57. The van der Waals surface area contributed by atoms with Crippen molar-refractivity contribution in [2.45, 2.75) is 11.8 Å². The lowest BCUT2D eigenvalue weighted by Crippen LogP contribution is -2.31. The summed E-state index contributed by atoms with van der Waals surface area (Å²) in [5.41, 5.74) is 1.28. The van der Waals surface area contributed by atoms with E-state index in [1.807, 2.05) is 6.07 Å². The summed E-state index contributed by atoms with van der Waals surface area (Å²) in [6.45, 7) is 1.77. The molecule has 0 N–H and O–H groups in total. The molecule has 0 heterocycles. The number of anilines is 1. The van der Waals surface area contributed by atoms with Gasteiger partial charge in [0.2, 0.25) is 5.91 Å². The number of benzene rings is 1. The number of carbonyl (C=O) groups is 1. The van der Waals surface area contributed by atoms with Crippen LogP contribution in [0.25, 0.3) is 0 Å². The number of rotatable bonds is 2. The zero-order valence-corrected chi connectivity index (χ0v) is 10.2. The van der Waals surface area contributed by atoms with Crippen molar-refractivity contribution in [3.63, 3.8) is 0 Å². The molecule has 78 valence electrons. The Labute approximate surface area is 97.4 Å². The van der Waals surface area contributed by atoms with Crippen LogP contribution in [0.4, 0.5) is 5.69 Å². The molecular formula is C11H11BrN2O. The molecule has 0 saturated heterocycles. The van der Waals surface area contributed by atoms with Crippen LogP contribution >= 0.6 is 15.9 Å². The Morgan fingerprint density at radius 3 is 2.80 bits per heavy atom. The Hall–Kier alpha value is -1.34. The number of halogens is 1. The van der Waals surface area contributed by atoms with Gasteiger partial charge in [0.05, 0.1) is 16.5 Å². The van der Waals surface area contributed by atoms with E-state index < -0.39 is 0 Å². The van der Waals surface area contributed by atoms with E-state index in [1.165, 1.54) is 4.90 Å². The van der Waals surface area contributed by atoms with Gasteiger partial charge >= 0.3 is 0 Å².